The molecule has 3 rings (SSSR count). The lowest BCUT2D eigenvalue weighted by Gasteiger charge is -2.34. The van der Waals surface area contributed by atoms with Crippen LogP contribution in [0.3, 0.4) is 0 Å². The highest BCUT2D eigenvalue weighted by atomic mass is 32.1. The van der Waals surface area contributed by atoms with Crippen molar-refractivity contribution in [2.45, 2.75) is 37.9 Å². The number of hydrogen-bond acceptors (Lipinski definition) is 5. The van der Waals surface area contributed by atoms with Crippen molar-refractivity contribution in [3.63, 3.8) is 0 Å². The summed E-state index contributed by atoms with van der Waals surface area (Å²) in [5, 5.41) is 7.17. The number of rotatable bonds is 2. The molecule has 2 saturated heterocycles. The molecule has 0 aromatic carbocycles. The minimum absolute atomic E-state index is 0.0446. The number of imide groups is 1. The van der Waals surface area contributed by atoms with Crippen LogP contribution in [0.1, 0.15) is 31.5 Å². The second kappa shape index (κ2) is 4.86. The Bertz CT molecular complexity index is 559. The van der Waals surface area contributed by atoms with Crippen LogP contribution < -0.4 is 10.6 Å². The van der Waals surface area contributed by atoms with E-state index in [1.54, 1.807) is 17.8 Å². The van der Waals surface area contributed by atoms with E-state index in [9.17, 15) is 14.4 Å². The Kier molecular flexibility index (Phi) is 3.17. The van der Waals surface area contributed by atoms with E-state index in [1.165, 1.54) is 16.2 Å². The van der Waals surface area contributed by atoms with Gasteiger partial charge in [0.05, 0.1) is 17.2 Å². The minimum Gasteiger partial charge on any atom is -0.352 e. The Morgan fingerprint density at radius 1 is 1.35 bits per heavy atom. The van der Waals surface area contributed by atoms with Gasteiger partial charge in [0.2, 0.25) is 5.91 Å². The van der Waals surface area contributed by atoms with Crippen molar-refractivity contribution in [3.05, 3.63) is 16.6 Å². The van der Waals surface area contributed by atoms with Crippen LogP contribution in [0, 0.1) is 0 Å². The third-order valence-corrected chi connectivity index (χ3v) is 4.29. The SMILES string of the molecule is CC1NC(=O)CCC1N1C(=O)NC(c2cscn2)C1=O. The Labute approximate surface area is 119 Å². The Morgan fingerprint density at radius 3 is 2.80 bits per heavy atom. The number of amides is 4. The van der Waals surface area contributed by atoms with Crippen molar-refractivity contribution < 1.29 is 14.4 Å². The fraction of sp³-hybridized carbons (Fsp3) is 0.500. The molecule has 8 heteroatoms. The first kappa shape index (κ1) is 13.0. The maximum atomic E-state index is 12.4. The average molecular weight is 294 g/mol. The van der Waals surface area contributed by atoms with Gasteiger partial charge in [-0.05, 0) is 13.3 Å². The van der Waals surface area contributed by atoms with Gasteiger partial charge in [-0.25, -0.2) is 9.78 Å². The van der Waals surface area contributed by atoms with Gasteiger partial charge in [0.25, 0.3) is 5.91 Å². The molecule has 4 amide bonds. The number of carbonyl (C=O) groups is 3. The summed E-state index contributed by atoms with van der Waals surface area (Å²) in [5.41, 5.74) is 2.18. The predicted octanol–water partition coefficient (Wildman–Crippen LogP) is 0.403. The smallest absolute Gasteiger partial charge is 0.325 e. The number of carbonyl (C=O) groups excluding carboxylic acids is 3. The second-order valence-corrected chi connectivity index (χ2v) is 5.68. The number of hydrogen-bond donors (Lipinski definition) is 2. The molecule has 1 aromatic heterocycles. The molecule has 2 aliphatic rings. The highest BCUT2D eigenvalue weighted by Crippen LogP contribution is 2.27. The van der Waals surface area contributed by atoms with E-state index in [1.807, 2.05) is 0 Å². The number of piperidine rings is 1. The van der Waals surface area contributed by atoms with Crippen molar-refractivity contribution in [1.29, 1.82) is 0 Å². The molecule has 0 radical (unpaired) electrons. The molecule has 3 atom stereocenters. The van der Waals surface area contributed by atoms with E-state index in [0.29, 0.717) is 18.5 Å². The summed E-state index contributed by atoms with van der Waals surface area (Å²) < 4.78 is 0. The van der Waals surface area contributed by atoms with Crippen LogP contribution in [0.5, 0.6) is 0 Å². The molecular weight excluding hydrogens is 280 g/mol. The molecule has 3 unspecified atom stereocenters. The summed E-state index contributed by atoms with van der Waals surface area (Å²) in [4.78, 5) is 41.1. The molecule has 2 fully saturated rings. The molecule has 0 aliphatic carbocycles. The maximum Gasteiger partial charge on any atom is 0.325 e. The topological polar surface area (TPSA) is 91.4 Å². The second-order valence-electron chi connectivity index (χ2n) is 4.97. The van der Waals surface area contributed by atoms with Gasteiger partial charge in [-0.3, -0.25) is 14.5 Å². The van der Waals surface area contributed by atoms with Crippen molar-refractivity contribution >= 4 is 29.2 Å². The molecule has 1 aromatic rings. The van der Waals surface area contributed by atoms with Crippen molar-refractivity contribution in [1.82, 2.24) is 20.5 Å². The number of nitrogens with zero attached hydrogens (tertiary/aromatic N) is 2. The monoisotopic (exact) mass is 294 g/mol. The molecule has 7 nitrogen and oxygen atoms in total. The van der Waals surface area contributed by atoms with Gasteiger partial charge in [-0.15, -0.1) is 11.3 Å². The van der Waals surface area contributed by atoms with Crippen LogP contribution in [0.4, 0.5) is 4.79 Å². The number of thiazole rings is 1. The summed E-state index contributed by atoms with van der Waals surface area (Å²) in [7, 11) is 0. The molecule has 3 heterocycles. The zero-order valence-corrected chi connectivity index (χ0v) is 11.6. The standard InChI is InChI=1S/C12H14N4O3S/c1-6-8(2-3-9(17)14-6)16-11(18)10(15-12(16)19)7-4-20-5-13-7/h4-6,8,10H,2-3H2,1H3,(H,14,17)(H,15,19). The fourth-order valence-electron chi connectivity index (χ4n) is 2.68. The van der Waals surface area contributed by atoms with Crippen molar-refractivity contribution in [3.8, 4) is 0 Å². The summed E-state index contributed by atoms with van der Waals surface area (Å²) >= 11 is 1.38. The average Bonchev–Trinajstić information content (AvgIpc) is 3.00. The van der Waals surface area contributed by atoms with Gasteiger partial charge >= 0.3 is 6.03 Å². The largest absolute Gasteiger partial charge is 0.352 e. The molecule has 2 aliphatic heterocycles. The lowest BCUT2D eigenvalue weighted by atomic mass is 9.97. The first-order valence-corrected chi connectivity index (χ1v) is 7.33. The lowest BCUT2D eigenvalue weighted by molar-refractivity contribution is -0.133. The van der Waals surface area contributed by atoms with E-state index < -0.39 is 12.1 Å². The van der Waals surface area contributed by atoms with E-state index in [-0.39, 0.29) is 23.9 Å². The van der Waals surface area contributed by atoms with Crippen LogP contribution in [0.2, 0.25) is 0 Å². The van der Waals surface area contributed by atoms with Gasteiger partial charge in [0.1, 0.15) is 0 Å². The zero-order valence-electron chi connectivity index (χ0n) is 10.8. The number of urea groups is 1. The van der Waals surface area contributed by atoms with Gasteiger partial charge < -0.3 is 10.6 Å². The molecular formula is C12H14N4O3S. The predicted molar refractivity (Wildman–Crippen MR) is 70.9 cm³/mol. The van der Waals surface area contributed by atoms with Crippen molar-refractivity contribution in [2.24, 2.45) is 0 Å². The highest BCUT2D eigenvalue weighted by Gasteiger charge is 2.46. The first-order valence-electron chi connectivity index (χ1n) is 6.39. The van der Waals surface area contributed by atoms with E-state index in [4.69, 9.17) is 0 Å². The van der Waals surface area contributed by atoms with Crippen LogP contribution >= 0.6 is 11.3 Å². The fourth-order valence-corrected chi connectivity index (χ4v) is 3.26. The molecule has 106 valence electrons. The van der Waals surface area contributed by atoms with E-state index in [0.717, 1.165) is 0 Å². The van der Waals surface area contributed by atoms with E-state index in [2.05, 4.69) is 15.6 Å². The van der Waals surface area contributed by atoms with E-state index >= 15 is 0 Å². The van der Waals surface area contributed by atoms with Crippen LogP contribution in [0.25, 0.3) is 0 Å². The normalized spacial score (nSPS) is 30.4. The van der Waals surface area contributed by atoms with Gasteiger partial charge in [0, 0.05) is 17.8 Å². The van der Waals surface area contributed by atoms with Crippen LogP contribution in [-0.2, 0) is 9.59 Å². The summed E-state index contributed by atoms with van der Waals surface area (Å²) in [6.07, 6.45) is 0.823. The van der Waals surface area contributed by atoms with Gasteiger partial charge in [-0.1, -0.05) is 0 Å². The van der Waals surface area contributed by atoms with Crippen molar-refractivity contribution in [2.75, 3.05) is 0 Å². The summed E-state index contributed by atoms with van der Waals surface area (Å²) in [6, 6.07) is -1.66. The maximum absolute atomic E-state index is 12.4. The molecule has 2 N–H and O–H groups in total. The Morgan fingerprint density at radius 2 is 2.15 bits per heavy atom. The lowest BCUT2D eigenvalue weighted by Crippen LogP contribution is -2.56. The number of nitrogens with one attached hydrogen (secondary N) is 2. The summed E-state index contributed by atoms with van der Waals surface area (Å²) in [5.74, 6) is -0.342. The van der Waals surface area contributed by atoms with Gasteiger partial charge in [-0.2, -0.15) is 0 Å². The highest BCUT2D eigenvalue weighted by molar-refractivity contribution is 7.07. The third-order valence-electron chi connectivity index (χ3n) is 3.68. The molecule has 0 saturated carbocycles. The third kappa shape index (κ3) is 2.05. The number of aromatic nitrogens is 1. The zero-order chi connectivity index (χ0) is 14.3. The summed E-state index contributed by atoms with van der Waals surface area (Å²) in [6.45, 7) is 1.80. The molecule has 20 heavy (non-hydrogen) atoms. The van der Waals surface area contributed by atoms with Crippen LogP contribution in [0.15, 0.2) is 10.9 Å². The first-order chi connectivity index (χ1) is 9.58. The van der Waals surface area contributed by atoms with Gasteiger partial charge in [0.15, 0.2) is 6.04 Å². The minimum atomic E-state index is -0.710. The molecule has 0 bridgehead atoms. The Balaban J connectivity index is 1.82. The van der Waals surface area contributed by atoms with Crippen LogP contribution in [-0.4, -0.2) is 39.8 Å². The quantitative estimate of drug-likeness (QED) is 0.773. The Hall–Kier alpha value is -1.96. The molecule has 0 spiro atoms.